The number of hydrogen-bond donors (Lipinski definition) is 1. The molecule has 6 heterocycles. The predicted molar refractivity (Wildman–Crippen MR) is 172 cm³/mol. The lowest BCUT2D eigenvalue weighted by atomic mass is 10.2. The first-order valence-corrected chi connectivity index (χ1v) is 15.7. The van der Waals surface area contributed by atoms with Crippen molar-refractivity contribution < 1.29 is 31.3 Å². The molecule has 0 aliphatic rings. The average molecular weight is 749 g/mol. The van der Waals surface area contributed by atoms with E-state index in [0.29, 0.717) is 39.6 Å². The van der Waals surface area contributed by atoms with Crippen LogP contribution in [0.25, 0.3) is 43.5 Å². The van der Waals surface area contributed by atoms with Gasteiger partial charge in [-0.25, -0.2) is 29.9 Å². The van der Waals surface area contributed by atoms with Crippen LogP contribution in [0.4, 0.5) is 37.8 Å². The van der Waals surface area contributed by atoms with Gasteiger partial charge in [0, 0.05) is 48.9 Å². The molecule has 0 amide bonds. The van der Waals surface area contributed by atoms with Gasteiger partial charge in [-0.3, -0.25) is 20.1 Å². The largest absolute Gasteiger partial charge is 0.425 e. The second kappa shape index (κ2) is 13.8. The van der Waals surface area contributed by atoms with Gasteiger partial charge >= 0.3 is 12.4 Å². The third-order valence-electron chi connectivity index (χ3n) is 6.46. The number of thiophene rings is 2. The fourth-order valence-electron chi connectivity index (χ4n) is 4.25. The summed E-state index contributed by atoms with van der Waals surface area (Å²) >= 11 is 6.94. The Morgan fingerprint density at radius 3 is 1.86 bits per heavy atom. The summed E-state index contributed by atoms with van der Waals surface area (Å²) in [4.78, 5) is 41.6. The van der Waals surface area contributed by atoms with Crippen LogP contribution in [-0.4, -0.2) is 44.8 Å². The summed E-state index contributed by atoms with van der Waals surface area (Å²) in [6, 6.07) is 7.86. The number of benzene rings is 1. The Morgan fingerprint density at radius 1 is 0.760 bits per heavy atom. The number of anilines is 1. The molecule has 7 rings (SSSR count). The molecule has 0 bridgehead atoms. The molecule has 254 valence electrons. The zero-order chi connectivity index (χ0) is 35.6. The summed E-state index contributed by atoms with van der Waals surface area (Å²) < 4.78 is 77.7. The first-order valence-electron chi connectivity index (χ1n) is 13.7. The number of nitro benzene ring substituents is 1. The van der Waals surface area contributed by atoms with E-state index in [9.17, 15) is 36.5 Å². The summed E-state index contributed by atoms with van der Waals surface area (Å²) in [5, 5.41) is 14.2. The predicted octanol–water partition coefficient (Wildman–Crippen LogP) is 8.51. The van der Waals surface area contributed by atoms with Crippen molar-refractivity contribution in [2.24, 2.45) is 0 Å². The number of non-ortho nitro benzene ring substituents is 1. The number of nitrogens with zero attached hydrogens (tertiary/aromatic N) is 9. The van der Waals surface area contributed by atoms with Crippen LogP contribution in [0, 0.1) is 10.1 Å². The van der Waals surface area contributed by atoms with Gasteiger partial charge in [-0.05, 0) is 17.7 Å². The Balaban J connectivity index is 0.000000187. The van der Waals surface area contributed by atoms with Gasteiger partial charge in [0.1, 0.15) is 41.8 Å². The van der Waals surface area contributed by atoms with E-state index in [-0.39, 0.29) is 55.3 Å². The molecular weight excluding hydrogens is 734 g/mol. The fraction of sp³-hybridized carbons (Fsp3) is 0.103. The zero-order valence-corrected chi connectivity index (χ0v) is 26.8. The van der Waals surface area contributed by atoms with Crippen molar-refractivity contribution in [2.75, 3.05) is 5.32 Å². The number of halogens is 7. The quantitative estimate of drug-likeness (QED) is 0.0752. The van der Waals surface area contributed by atoms with Gasteiger partial charge in [0.15, 0.2) is 11.6 Å². The number of nitrogens with one attached hydrogen (secondary N) is 1. The lowest BCUT2D eigenvalue weighted by molar-refractivity contribution is -0.384. The van der Waals surface area contributed by atoms with Crippen LogP contribution < -0.4 is 5.32 Å². The minimum atomic E-state index is -4.52. The van der Waals surface area contributed by atoms with Crippen molar-refractivity contribution in [3.63, 3.8) is 0 Å². The van der Waals surface area contributed by atoms with Gasteiger partial charge in [0.25, 0.3) is 5.69 Å². The first-order chi connectivity index (χ1) is 23.8. The zero-order valence-electron chi connectivity index (χ0n) is 24.4. The molecular formula is C29H15ClF6N10O2S2. The van der Waals surface area contributed by atoms with E-state index in [1.54, 1.807) is 6.07 Å². The van der Waals surface area contributed by atoms with Gasteiger partial charge in [-0.1, -0.05) is 23.7 Å². The van der Waals surface area contributed by atoms with E-state index in [1.807, 2.05) is 0 Å². The number of hydrogen-bond acceptors (Lipinski definition) is 13. The van der Waals surface area contributed by atoms with Crippen molar-refractivity contribution in [1.82, 2.24) is 39.9 Å². The van der Waals surface area contributed by atoms with Crippen LogP contribution in [0.5, 0.6) is 0 Å². The Morgan fingerprint density at radius 2 is 1.32 bits per heavy atom. The molecule has 12 nitrogen and oxygen atoms in total. The number of fused-ring (bicyclic) bond motifs is 2. The highest BCUT2D eigenvalue weighted by Gasteiger charge is 2.35. The topological polar surface area (TPSA) is 158 Å². The van der Waals surface area contributed by atoms with Gasteiger partial charge in [0.2, 0.25) is 0 Å². The van der Waals surface area contributed by atoms with Crippen molar-refractivity contribution in [2.45, 2.75) is 18.9 Å². The van der Waals surface area contributed by atoms with Gasteiger partial charge < -0.3 is 5.32 Å². The van der Waals surface area contributed by atoms with E-state index < -0.39 is 27.0 Å². The Kier molecular flexibility index (Phi) is 9.49. The van der Waals surface area contributed by atoms with E-state index in [0.717, 1.165) is 12.1 Å². The van der Waals surface area contributed by atoms with E-state index in [1.165, 1.54) is 55.4 Å². The maximum absolute atomic E-state index is 13.2. The number of nitro groups is 1. The number of rotatable bonds is 6. The summed E-state index contributed by atoms with van der Waals surface area (Å²) in [6.45, 7) is 0.116. The van der Waals surface area contributed by atoms with Crippen molar-refractivity contribution in [3.05, 3.63) is 104 Å². The normalized spacial score (nSPS) is 11.7. The van der Waals surface area contributed by atoms with Crippen LogP contribution in [0.15, 0.2) is 73.6 Å². The molecule has 50 heavy (non-hydrogen) atoms. The van der Waals surface area contributed by atoms with E-state index >= 15 is 0 Å². The molecule has 0 radical (unpaired) electrons. The molecule has 0 aliphatic carbocycles. The minimum absolute atomic E-state index is 0.0394. The second-order valence-corrected chi connectivity index (χ2v) is 12.3. The lowest BCUT2D eigenvalue weighted by Crippen LogP contribution is -2.04. The van der Waals surface area contributed by atoms with Gasteiger partial charge in [-0.15, -0.1) is 22.7 Å². The molecule has 1 aromatic carbocycles. The molecule has 0 atom stereocenters. The van der Waals surface area contributed by atoms with Crippen LogP contribution in [0.2, 0.25) is 5.15 Å². The summed E-state index contributed by atoms with van der Waals surface area (Å²) in [5.41, 5.74) is 1.14. The van der Waals surface area contributed by atoms with Crippen LogP contribution in [0.3, 0.4) is 0 Å². The third kappa shape index (κ3) is 7.71. The molecule has 0 aliphatic heterocycles. The van der Waals surface area contributed by atoms with Crippen LogP contribution in [-0.2, 0) is 18.9 Å². The van der Waals surface area contributed by atoms with Gasteiger partial charge in [-0.2, -0.15) is 26.3 Å². The molecule has 6 aromatic heterocycles. The Bertz CT molecular complexity index is 2320. The van der Waals surface area contributed by atoms with Crippen molar-refractivity contribution in [1.29, 1.82) is 0 Å². The summed E-state index contributed by atoms with van der Waals surface area (Å²) in [5.74, 6) is 0.429. The van der Waals surface area contributed by atoms with E-state index in [2.05, 4.69) is 45.2 Å². The number of alkyl halides is 6. The summed E-state index contributed by atoms with van der Waals surface area (Å²) in [6.07, 6.45) is -0.343. The standard InChI is InChI=1S/C18H11F3N6O2S.C11H4ClF3N4S/c19-18(20,21)14-7-12-15(24-8-10-2-1-3-11(6-10)27(28)29)25-16(26-17(12)30-14)13-9-22-4-5-23-13;12-8-5-3-7(11(13,14)15)20-10(5)19-9(18-8)6-4-16-1-2-17-6/h1-7,9H,8H2,(H,24,25,26);1-4H. The van der Waals surface area contributed by atoms with Crippen molar-refractivity contribution in [3.8, 4) is 23.0 Å². The van der Waals surface area contributed by atoms with Crippen LogP contribution >= 0.6 is 34.3 Å². The molecule has 0 spiro atoms. The minimum Gasteiger partial charge on any atom is -0.365 e. The summed E-state index contributed by atoms with van der Waals surface area (Å²) in [7, 11) is 0. The second-order valence-electron chi connectivity index (χ2n) is 9.85. The number of aromatic nitrogens is 8. The van der Waals surface area contributed by atoms with E-state index in [4.69, 9.17) is 11.6 Å². The first kappa shape index (κ1) is 34.4. The molecule has 0 saturated carbocycles. The Labute approximate surface area is 288 Å². The monoisotopic (exact) mass is 748 g/mol. The Hall–Kier alpha value is -5.47. The molecule has 7 aromatic rings. The molecule has 0 unspecified atom stereocenters. The highest BCUT2D eigenvalue weighted by Crippen LogP contribution is 2.41. The average Bonchev–Trinajstić information content (AvgIpc) is 3.74. The molecule has 21 heteroatoms. The third-order valence-corrected chi connectivity index (χ3v) is 8.90. The SMILES string of the molecule is FC(F)(F)c1cc2c(Cl)nc(-c3cnccn3)nc2s1.O=[N+]([O-])c1cccc(CNc2nc(-c3cnccn3)nc3sc(C(F)(F)F)cc23)c1. The van der Waals surface area contributed by atoms with Crippen LogP contribution in [0.1, 0.15) is 15.3 Å². The fourth-order valence-corrected chi connectivity index (χ4v) is 6.32. The molecule has 0 saturated heterocycles. The highest BCUT2D eigenvalue weighted by molar-refractivity contribution is 7.19. The molecule has 0 fully saturated rings. The maximum Gasteiger partial charge on any atom is 0.425 e. The maximum atomic E-state index is 13.2. The smallest absolute Gasteiger partial charge is 0.365 e. The van der Waals surface area contributed by atoms with Gasteiger partial charge in [0.05, 0.1) is 22.7 Å². The lowest BCUT2D eigenvalue weighted by Gasteiger charge is -2.09. The van der Waals surface area contributed by atoms with Crippen molar-refractivity contribution >= 4 is 66.2 Å². The highest BCUT2D eigenvalue weighted by atomic mass is 35.5. The molecule has 1 N–H and O–H groups in total.